The summed E-state index contributed by atoms with van der Waals surface area (Å²) in [6, 6.07) is 4.07. The SMILES string of the molecule is CC(C)CNCC(O)COc1cc(Cl)ccc1[N+](=O)[O-]. The van der Waals surface area contributed by atoms with Crippen LogP contribution in [0.5, 0.6) is 5.75 Å². The Hall–Kier alpha value is -1.37. The van der Waals surface area contributed by atoms with Gasteiger partial charge in [-0.05, 0) is 18.5 Å². The smallest absolute Gasteiger partial charge is 0.311 e. The minimum Gasteiger partial charge on any atom is -0.484 e. The molecule has 1 unspecified atom stereocenters. The van der Waals surface area contributed by atoms with Crippen molar-refractivity contribution in [2.24, 2.45) is 5.92 Å². The third kappa shape index (κ3) is 5.73. The monoisotopic (exact) mass is 302 g/mol. The Balaban J connectivity index is 2.52. The van der Waals surface area contributed by atoms with Crippen molar-refractivity contribution in [2.45, 2.75) is 20.0 Å². The minimum absolute atomic E-state index is 0.0354. The second kappa shape index (κ2) is 8.04. The van der Waals surface area contributed by atoms with E-state index in [0.717, 1.165) is 6.54 Å². The molecule has 0 aliphatic heterocycles. The summed E-state index contributed by atoms with van der Waals surface area (Å²) >= 11 is 5.78. The molecule has 0 spiro atoms. The molecule has 1 aromatic carbocycles. The van der Waals surface area contributed by atoms with E-state index in [0.29, 0.717) is 17.5 Å². The van der Waals surface area contributed by atoms with Gasteiger partial charge in [0.1, 0.15) is 12.7 Å². The third-order valence-electron chi connectivity index (χ3n) is 2.48. The van der Waals surface area contributed by atoms with Crippen LogP contribution in [-0.2, 0) is 0 Å². The van der Waals surface area contributed by atoms with Crippen molar-refractivity contribution < 1.29 is 14.8 Å². The van der Waals surface area contributed by atoms with Gasteiger partial charge in [0.15, 0.2) is 5.75 Å². The Morgan fingerprint density at radius 1 is 1.45 bits per heavy atom. The molecule has 20 heavy (non-hydrogen) atoms. The molecule has 0 aliphatic rings. The van der Waals surface area contributed by atoms with E-state index < -0.39 is 11.0 Å². The number of rotatable bonds is 8. The van der Waals surface area contributed by atoms with Crippen LogP contribution in [0.25, 0.3) is 0 Å². The van der Waals surface area contributed by atoms with E-state index in [-0.39, 0.29) is 18.0 Å². The van der Waals surface area contributed by atoms with Gasteiger partial charge in [-0.25, -0.2) is 0 Å². The maximum atomic E-state index is 10.8. The number of nitro benzene ring substituents is 1. The van der Waals surface area contributed by atoms with E-state index >= 15 is 0 Å². The highest BCUT2D eigenvalue weighted by Crippen LogP contribution is 2.29. The van der Waals surface area contributed by atoms with Crippen LogP contribution >= 0.6 is 11.6 Å². The van der Waals surface area contributed by atoms with E-state index in [1.165, 1.54) is 18.2 Å². The standard InChI is InChI=1S/C13H19ClN2O4/c1-9(2)6-15-7-11(17)8-20-13-5-10(14)3-4-12(13)16(18)19/h3-5,9,11,15,17H,6-8H2,1-2H3. The highest BCUT2D eigenvalue weighted by Gasteiger charge is 2.16. The molecule has 0 fully saturated rings. The fourth-order valence-corrected chi connectivity index (χ4v) is 1.70. The molecule has 2 N–H and O–H groups in total. The van der Waals surface area contributed by atoms with E-state index in [2.05, 4.69) is 19.2 Å². The van der Waals surface area contributed by atoms with E-state index in [4.69, 9.17) is 16.3 Å². The van der Waals surface area contributed by atoms with Crippen LogP contribution in [0.3, 0.4) is 0 Å². The minimum atomic E-state index is -0.743. The first-order valence-electron chi connectivity index (χ1n) is 6.35. The molecular formula is C13H19ClN2O4. The first-order chi connectivity index (χ1) is 9.40. The Morgan fingerprint density at radius 2 is 2.15 bits per heavy atom. The summed E-state index contributed by atoms with van der Waals surface area (Å²) in [5, 5.41) is 24.0. The topological polar surface area (TPSA) is 84.6 Å². The number of nitrogens with zero attached hydrogens (tertiary/aromatic N) is 1. The molecule has 1 rings (SSSR count). The summed E-state index contributed by atoms with van der Waals surface area (Å²) in [5.41, 5.74) is -0.170. The fourth-order valence-electron chi connectivity index (χ4n) is 1.54. The van der Waals surface area contributed by atoms with Crippen LogP contribution in [0.2, 0.25) is 5.02 Å². The number of halogens is 1. The van der Waals surface area contributed by atoms with Gasteiger partial charge in [0.05, 0.1) is 4.92 Å². The summed E-state index contributed by atoms with van der Waals surface area (Å²) in [5.74, 6) is 0.544. The van der Waals surface area contributed by atoms with E-state index in [1.807, 2.05) is 0 Å². The molecule has 1 atom stereocenters. The predicted octanol–water partition coefficient (Wildman–Crippen LogP) is 2.23. The van der Waals surface area contributed by atoms with Gasteiger partial charge in [-0.15, -0.1) is 0 Å². The van der Waals surface area contributed by atoms with Crippen molar-refractivity contribution in [3.63, 3.8) is 0 Å². The summed E-state index contributed by atoms with van der Waals surface area (Å²) in [4.78, 5) is 10.3. The molecule has 0 amide bonds. The Labute approximate surface area is 122 Å². The third-order valence-corrected chi connectivity index (χ3v) is 2.72. The van der Waals surface area contributed by atoms with Gasteiger partial charge in [0.25, 0.3) is 0 Å². The average molecular weight is 303 g/mol. The molecule has 0 aromatic heterocycles. The lowest BCUT2D eigenvalue weighted by atomic mass is 10.2. The predicted molar refractivity (Wildman–Crippen MR) is 77.3 cm³/mol. The van der Waals surface area contributed by atoms with Crippen molar-refractivity contribution in [2.75, 3.05) is 19.7 Å². The summed E-state index contributed by atoms with van der Waals surface area (Å²) < 4.78 is 5.28. The molecular weight excluding hydrogens is 284 g/mol. The van der Waals surface area contributed by atoms with Gasteiger partial charge < -0.3 is 15.2 Å². The summed E-state index contributed by atoms with van der Waals surface area (Å²) in [6.45, 7) is 5.24. The van der Waals surface area contributed by atoms with Crippen molar-refractivity contribution in [1.82, 2.24) is 5.32 Å². The van der Waals surface area contributed by atoms with E-state index in [9.17, 15) is 15.2 Å². The molecule has 0 saturated carbocycles. The zero-order chi connectivity index (χ0) is 15.1. The highest BCUT2D eigenvalue weighted by molar-refractivity contribution is 6.30. The molecule has 0 heterocycles. The molecule has 7 heteroatoms. The zero-order valence-electron chi connectivity index (χ0n) is 11.5. The zero-order valence-corrected chi connectivity index (χ0v) is 12.3. The lowest BCUT2D eigenvalue weighted by Gasteiger charge is -2.14. The number of nitrogens with one attached hydrogen (secondary N) is 1. The number of hydrogen-bond donors (Lipinski definition) is 2. The van der Waals surface area contributed by atoms with Crippen molar-refractivity contribution >= 4 is 17.3 Å². The quantitative estimate of drug-likeness (QED) is 0.568. The van der Waals surface area contributed by atoms with Crippen molar-refractivity contribution in [1.29, 1.82) is 0 Å². The van der Waals surface area contributed by atoms with Crippen LogP contribution in [0.1, 0.15) is 13.8 Å². The van der Waals surface area contributed by atoms with Crippen LogP contribution in [0.15, 0.2) is 18.2 Å². The first kappa shape index (κ1) is 16.7. The summed E-state index contributed by atoms with van der Waals surface area (Å²) in [7, 11) is 0. The van der Waals surface area contributed by atoms with Crippen molar-refractivity contribution in [3.8, 4) is 5.75 Å². The van der Waals surface area contributed by atoms with Gasteiger partial charge >= 0.3 is 5.69 Å². The lowest BCUT2D eigenvalue weighted by molar-refractivity contribution is -0.385. The maximum absolute atomic E-state index is 10.8. The van der Waals surface area contributed by atoms with Gasteiger partial charge in [-0.3, -0.25) is 10.1 Å². The molecule has 1 aromatic rings. The van der Waals surface area contributed by atoms with Crippen LogP contribution in [0.4, 0.5) is 5.69 Å². The maximum Gasteiger partial charge on any atom is 0.311 e. The molecule has 6 nitrogen and oxygen atoms in total. The number of hydrogen-bond acceptors (Lipinski definition) is 5. The van der Waals surface area contributed by atoms with Crippen LogP contribution in [-0.4, -0.2) is 35.8 Å². The first-order valence-corrected chi connectivity index (χ1v) is 6.73. The Morgan fingerprint density at radius 3 is 2.75 bits per heavy atom. The van der Waals surface area contributed by atoms with Crippen LogP contribution < -0.4 is 10.1 Å². The highest BCUT2D eigenvalue weighted by atomic mass is 35.5. The Bertz CT molecular complexity index is 454. The largest absolute Gasteiger partial charge is 0.484 e. The number of aliphatic hydroxyl groups is 1. The molecule has 0 bridgehead atoms. The van der Waals surface area contributed by atoms with Gasteiger partial charge in [0.2, 0.25) is 0 Å². The molecule has 0 saturated heterocycles. The molecule has 0 radical (unpaired) electrons. The number of nitro groups is 1. The normalized spacial score (nSPS) is 12.4. The van der Waals surface area contributed by atoms with Gasteiger partial charge in [-0.1, -0.05) is 25.4 Å². The molecule has 0 aliphatic carbocycles. The number of aliphatic hydroxyl groups excluding tert-OH is 1. The van der Waals surface area contributed by atoms with Crippen molar-refractivity contribution in [3.05, 3.63) is 33.3 Å². The number of benzene rings is 1. The second-order valence-electron chi connectivity index (χ2n) is 4.89. The Kier molecular flexibility index (Phi) is 6.70. The van der Waals surface area contributed by atoms with Crippen LogP contribution in [0, 0.1) is 16.0 Å². The fraction of sp³-hybridized carbons (Fsp3) is 0.538. The lowest BCUT2D eigenvalue weighted by Crippen LogP contribution is -2.33. The summed E-state index contributed by atoms with van der Waals surface area (Å²) in [6.07, 6.45) is -0.743. The van der Waals surface area contributed by atoms with Gasteiger partial charge in [0, 0.05) is 23.7 Å². The van der Waals surface area contributed by atoms with E-state index in [1.54, 1.807) is 0 Å². The average Bonchev–Trinajstić information content (AvgIpc) is 2.35. The molecule has 112 valence electrons. The second-order valence-corrected chi connectivity index (χ2v) is 5.32. The van der Waals surface area contributed by atoms with Gasteiger partial charge in [-0.2, -0.15) is 0 Å². The number of ether oxygens (including phenoxy) is 1.